The lowest BCUT2D eigenvalue weighted by atomic mass is 9.96. The summed E-state index contributed by atoms with van der Waals surface area (Å²) in [6, 6.07) is 0. The minimum atomic E-state index is -3.43. The zero-order valence-corrected chi connectivity index (χ0v) is 16.2. The van der Waals surface area contributed by atoms with Crippen LogP contribution in [0.4, 0.5) is 0 Å². The van der Waals surface area contributed by atoms with Crippen molar-refractivity contribution in [3.63, 3.8) is 0 Å². The Balaban J connectivity index is 1.32. The van der Waals surface area contributed by atoms with Gasteiger partial charge in [-0.3, -0.25) is 4.79 Å². The van der Waals surface area contributed by atoms with Gasteiger partial charge in [0.2, 0.25) is 11.8 Å². The van der Waals surface area contributed by atoms with E-state index in [1.54, 1.807) is 6.92 Å². The van der Waals surface area contributed by atoms with E-state index < -0.39 is 10.2 Å². The van der Waals surface area contributed by atoms with Crippen LogP contribution in [0.1, 0.15) is 43.3 Å². The van der Waals surface area contributed by atoms with Crippen LogP contribution in [0.15, 0.2) is 4.52 Å². The van der Waals surface area contributed by atoms with Crippen molar-refractivity contribution in [1.29, 1.82) is 0 Å². The van der Waals surface area contributed by atoms with E-state index in [1.807, 2.05) is 4.90 Å². The number of aromatic nitrogens is 2. The van der Waals surface area contributed by atoms with E-state index in [4.69, 9.17) is 9.26 Å². The van der Waals surface area contributed by atoms with Crippen LogP contribution in [0.2, 0.25) is 0 Å². The van der Waals surface area contributed by atoms with Gasteiger partial charge in [0.1, 0.15) is 0 Å². The number of amides is 1. The molecule has 1 amide bonds. The van der Waals surface area contributed by atoms with Crippen molar-refractivity contribution in [2.75, 3.05) is 52.5 Å². The maximum Gasteiger partial charge on any atom is 0.282 e. The van der Waals surface area contributed by atoms with Gasteiger partial charge in [0.05, 0.1) is 19.1 Å². The smallest absolute Gasteiger partial charge is 0.282 e. The highest BCUT2D eigenvalue weighted by molar-refractivity contribution is 7.86. The predicted octanol–water partition coefficient (Wildman–Crippen LogP) is -0.228. The Labute approximate surface area is 158 Å². The Bertz CT molecular complexity index is 777. The first kappa shape index (κ1) is 18.8. The molecular weight excluding hydrogens is 374 g/mol. The number of ether oxygens (including phenoxy) is 1. The van der Waals surface area contributed by atoms with E-state index in [2.05, 4.69) is 10.1 Å². The largest absolute Gasteiger partial charge is 0.379 e. The van der Waals surface area contributed by atoms with Gasteiger partial charge in [-0.2, -0.15) is 22.0 Å². The summed E-state index contributed by atoms with van der Waals surface area (Å²) in [6.07, 6.45) is 1.64. The molecule has 0 unspecified atom stereocenters. The molecule has 4 rings (SSSR count). The lowest BCUT2D eigenvalue weighted by Gasteiger charge is -2.40. The highest BCUT2D eigenvalue weighted by Crippen LogP contribution is 2.32. The van der Waals surface area contributed by atoms with Crippen LogP contribution in [0.5, 0.6) is 0 Å². The van der Waals surface area contributed by atoms with Gasteiger partial charge in [0.15, 0.2) is 5.82 Å². The Morgan fingerprint density at radius 3 is 2.33 bits per heavy atom. The molecule has 4 heterocycles. The SMILES string of the molecule is CC(=O)N1CCC(c2noc(C3CN(S(=O)(=O)N4CCOCC4)C3)n2)CC1. The van der Waals surface area contributed by atoms with Crippen LogP contribution in [-0.2, 0) is 19.7 Å². The topological polar surface area (TPSA) is 109 Å². The summed E-state index contributed by atoms with van der Waals surface area (Å²) in [5.41, 5.74) is 0. The molecule has 0 atom stereocenters. The third-order valence-corrected chi connectivity index (χ3v) is 7.55. The van der Waals surface area contributed by atoms with Gasteiger partial charge in [-0.05, 0) is 12.8 Å². The molecule has 1 aromatic heterocycles. The van der Waals surface area contributed by atoms with Gasteiger partial charge in [-0.15, -0.1) is 0 Å². The van der Waals surface area contributed by atoms with Crippen LogP contribution in [-0.4, -0.2) is 90.5 Å². The van der Waals surface area contributed by atoms with Gasteiger partial charge >= 0.3 is 0 Å². The maximum atomic E-state index is 12.6. The second-order valence-corrected chi connectivity index (χ2v) is 9.23. The number of carbonyl (C=O) groups is 1. The molecule has 3 aliphatic rings. The van der Waals surface area contributed by atoms with Crippen molar-refractivity contribution in [1.82, 2.24) is 23.7 Å². The average Bonchev–Trinajstić information content (AvgIpc) is 3.10. The number of carbonyl (C=O) groups excluding carboxylic acids is 1. The Kier molecular flexibility index (Phi) is 5.19. The fourth-order valence-electron chi connectivity index (χ4n) is 3.75. The molecule has 0 N–H and O–H groups in total. The first-order valence-corrected chi connectivity index (χ1v) is 10.8. The van der Waals surface area contributed by atoms with Crippen LogP contribution in [0.3, 0.4) is 0 Å². The first-order chi connectivity index (χ1) is 12.9. The molecule has 3 aliphatic heterocycles. The summed E-state index contributed by atoms with van der Waals surface area (Å²) in [5, 5.41) is 4.11. The normalized spacial score (nSPS) is 24.1. The number of hydrogen-bond donors (Lipinski definition) is 0. The molecule has 10 nitrogen and oxygen atoms in total. The molecule has 27 heavy (non-hydrogen) atoms. The molecule has 0 bridgehead atoms. The summed E-state index contributed by atoms with van der Waals surface area (Å²) in [7, 11) is -3.43. The Morgan fingerprint density at radius 1 is 1.04 bits per heavy atom. The zero-order chi connectivity index (χ0) is 19.0. The number of piperidine rings is 1. The second kappa shape index (κ2) is 7.46. The van der Waals surface area contributed by atoms with E-state index in [0.717, 1.165) is 12.8 Å². The third-order valence-electron chi connectivity index (χ3n) is 5.58. The van der Waals surface area contributed by atoms with Crippen molar-refractivity contribution in [3.8, 4) is 0 Å². The van der Waals surface area contributed by atoms with Gasteiger partial charge in [0.25, 0.3) is 10.2 Å². The molecular formula is C16H25N5O5S. The van der Waals surface area contributed by atoms with Crippen LogP contribution in [0, 0.1) is 0 Å². The molecule has 0 saturated carbocycles. The molecule has 1 aromatic rings. The van der Waals surface area contributed by atoms with Crippen molar-refractivity contribution < 1.29 is 22.5 Å². The van der Waals surface area contributed by atoms with E-state index in [9.17, 15) is 13.2 Å². The van der Waals surface area contributed by atoms with E-state index in [0.29, 0.717) is 64.2 Å². The molecule has 0 aromatic carbocycles. The highest BCUT2D eigenvalue weighted by Gasteiger charge is 2.43. The summed E-state index contributed by atoms with van der Waals surface area (Å²) < 4.78 is 38.7. The van der Waals surface area contributed by atoms with Crippen LogP contribution in [0.25, 0.3) is 0 Å². The summed E-state index contributed by atoms with van der Waals surface area (Å²) >= 11 is 0. The molecule has 11 heteroatoms. The molecule has 0 radical (unpaired) electrons. The molecule has 3 saturated heterocycles. The summed E-state index contributed by atoms with van der Waals surface area (Å²) in [6.45, 7) is 5.39. The van der Waals surface area contributed by atoms with E-state index >= 15 is 0 Å². The fraction of sp³-hybridized carbons (Fsp3) is 0.812. The number of rotatable bonds is 4. The Morgan fingerprint density at radius 2 is 1.70 bits per heavy atom. The molecule has 0 aliphatic carbocycles. The van der Waals surface area contributed by atoms with Crippen LogP contribution < -0.4 is 0 Å². The number of nitrogens with zero attached hydrogens (tertiary/aromatic N) is 5. The lowest BCUT2D eigenvalue weighted by molar-refractivity contribution is -0.129. The van der Waals surface area contributed by atoms with E-state index in [1.165, 1.54) is 8.61 Å². The van der Waals surface area contributed by atoms with E-state index in [-0.39, 0.29) is 17.7 Å². The third kappa shape index (κ3) is 3.73. The average molecular weight is 399 g/mol. The molecule has 3 fully saturated rings. The predicted molar refractivity (Wildman–Crippen MR) is 94.2 cm³/mol. The number of likely N-dealkylation sites (tertiary alicyclic amines) is 1. The van der Waals surface area contributed by atoms with Gasteiger partial charge < -0.3 is 14.2 Å². The monoisotopic (exact) mass is 399 g/mol. The summed E-state index contributed by atoms with van der Waals surface area (Å²) in [5.74, 6) is 1.40. The van der Waals surface area contributed by atoms with Crippen molar-refractivity contribution in [3.05, 3.63) is 11.7 Å². The highest BCUT2D eigenvalue weighted by atomic mass is 32.2. The first-order valence-electron chi connectivity index (χ1n) is 9.37. The fourth-order valence-corrected chi connectivity index (χ4v) is 5.43. The Hall–Kier alpha value is -1.56. The molecule has 150 valence electrons. The van der Waals surface area contributed by atoms with Crippen LogP contribution >= 0.6 is 0 Å². The minimum Gasteiger partial charge on any atom is -0.379 e. The van der Waals surface area contributed by atoms with Crippen molar-refractivity contribution in [2.24, 2.45) is 0 Å². The van der Waals surface area contributed by atoms with Gasteiger partial charge in [-0.25, -0.2) is 0 Å². The second-order valence-electron chi connectivity index (χ2n) is 7.30. The zero-order valence-electron chi connectivity index (χ0n) is 15.4. The molecule has 0 spiro atoms. The van der Waals surface area contributed by atoms with Crippen molar-refractivity contribution >= 4 is 16.1 Å². The number of hydrogen-bond acceptors (Lipinski definition) is 7. The quantitative estimate of drug-likeness (QED) is 0.688. The minimum absolute atomic E-state index is 0.0561. The van der Waals surface area contributed by atoms with Gasteiger partial charge in [-0.1, -0.05) is 5.16 Å². The standard InChI is InChI=1S/C16H25N5O5S/c1-12(22)19-4-2-13(3-5-19)15-17-16(26-18-15)14-10-21(11-14)27(23,24)20-6-8-25-9-7-20/h13-14H,2-11H2,1H3. The van der Waals surface area contributed by atoms with Gasteiger partial charge in [0, 0.05) is 52.1 Å². The maximum absolute atomic E-state index is 12.6. The summed E-state index contributed by atoms with van der Waals surface area (Å²) in [4.78, 5) is 17.8. The van der Waals surface area contributed by atoms with Crippen molar-refractivity contribution in [2.45, 2.75) is 31.6 Å². The number of morpholine rings is 1. The lowest BCUT2D eigenvalue weighted by Crippen LogP contribution is -2.56.